The zero-order valence-corrected chi connectivity index (χ0v) is 11.7. The van der Waals surface area contributed by atoms with E-state index in [9.17, 15) is 0 Å². The fraction of sp³-hybridized carbons (Fsp3) is 0.538. The van der Waals surface area contributed by atoms with E-state index in [2.05, 4.69) is 17.1 Å². The normalized spacial score (nSPS) is 21.3. The third-order valence-corrected chi connectivity index (χ3v) is 3.45. The number of hydrogen-bond acceptors (Lipinski definition) is 5. The molecule has 1 saturated heterocycles. The van der Waals surface area contributed by atoms with Crippen molar-refractivity contribution < 1.29 is 9.84 Å². The summed E-state index contributed by atoms with van der Waals surface area (Å²) in [6.07, 6.45) is -0.980. The molecule has 4 N–H and O–H groups in total. The fourth-order valence-electron chi connectivity index (χ4n) is 2.19. The van der Waals surface area contributed by atoms with Crippen LogP contribution in [0.5, 0.6) is 5.75 Å². The molecule has 0 spiro atoms. The van der Waals surface area contributed by atoms with Crippen molar-refractivity contribution in [3.8, 4) is 5.75 Å². The third kappa shape index (κ3) is 3.73. The predicted molar refractivity (Wildman–Crippen MR) is 76.8 cm³/mol. The molecule has 2 rings (SSSR count). The minimum atomic E-state index is -0.980. The average Bonchev–Trinajstić information content (AvgIpc) is 2.38. The number of nitrogens with two attached hydrogens (primary N) is 1. The quantitative estimate of drug-likeness (QED) is 0.714. The summed E-state index contributed by atoms with van der Waals surface area (Å²) in [6.45, 7) is 5.06. The number of ether oxygens (including phenoxy) is 1. The molecule has 1 aromatic carbocycles. The van der Waals surface area contributed by atoms with Crippen molar-refractivity contribution in [1.82, 2.24) is 5.32 Å². The first kappa shape index (κ1) is 14.4. The Hall–Kier alpha value is -1.01. The summed E-state index contributed by atoms with van der Waals surface area (Å²) >= 11 is 6.31. The lowest BCUT2D eigenvalue weighted by atomic mass is 10.1. The lowest BCUT2D eigenvalue weighted by molar-refractivity contribution is 0.113. The summed E-state index contributed by atoms with van der Waals surface area (Å²) in [5, 5.41) is 13.0. The Balaban J connectivity index is 2.10. The Bertz CT molecular complexity index is 428. The Labute approximate surface area is 118 Å². The van der Waals surface area contributed by atoms with E-state index >= 15 is 0 Å². The molecule has 5 nitrogen and oxygen atoms in total. The molecule has 19 heavy (non-hydrogen) atoms. The zero-order valence-electron chi connectivity index (χ0n) is 11.0. The average molecular weight is 286 g/mol. The van der Waals surface area contributed by atoms with E-state index in [0.717, 1.165) is 25.3 Å². The van der Waals surface area contributed by atoms with Gasteiger partial charge in [-0.05, 0) is 19.1 Å². The van der Waals surface area contributed by atoms with Crippen molar-refractivity contribution in [2.24, 2.45) is 5.73 Å². The number of nitrogens with zero attached hydrogens (tertiary/aromatic N) is 1. The number of benzene rings is 1. The first-order valence-corrected chi connectivity index (χ1v) is 6.79. The molecule has 0 aliphatic carbocycles. The Morgan fingerprint density at radius 1 is 1.63 bits per heavy atom. The highest BCUT2D eigenvalue weighted by molar-refractivity contribution is 6.33. The van der Waals surface area contributed by atoms with Gasteiger partial charge in [0.25, 0.3) is 0 Å². The first-order valence-electron chi connectivity index (χ1n) is 6.41. The summed E-state index contributed by atoms with van der Waals surface area (Å²) in [6, 6.07) is 5.96. The van der Waals surface area contributed by atoms with Crippen molar-refractivity contribution in [2.75, 3.05) is 31.1 Å². The van der Waals surface area contributed by atoms with Crippen LogP contribution >= 0.6 is 11.6 Å². The predicted octanol–water partition coefficient (Wildman–Crippen LogP) is 0.794. The molecule has 1 aliphatic rings. The monoisotopic (exact) mass is 285 g/mol. The molecule has 0 amide bonds. The SMILES string of the molecule is C[C@@H]1CNCCN1c1ccc(OC[C@@H](N)O)cc1Cl. The second-order valence-corrected chi connectivity index (χ2v) is 5.15. The first-order chi connectivity index (χ1) is 9.08. The molecule has 0 radical (unpaired) electrons. The highest BCUT2D eigenvalue weighted by Gasteiger charge is 2.20. The van der Waals surface area contributed by atoms with Crippen LogP contribution in [0.4, 0.5) is 5.69 Å². The van der Waals surface area contributed by atoms with Gasteiger partial charge in [0.1, 0.15) is 18.6 Å². The van der Waals surface area contributed by atoms with Gasteiger partial charge in [-0.25, -0.2) is 0 Å². The molecule has 0 unspecified atom stereocenters. The maximum absolute atomic E-state index is 8.98. The van der Waals surface area contributed by atoms with Crippen molar-refractivity contribution in [3.63, 3.8) is 0 Å². The largest absolute Gasteiger partial charge is 0.489 e. The fourth-order valence-corrected chi connectivity index (χ4v) is 2.47. The van der Waals surface area contributed by atoms with E-state index in [1.165, 1.54) is 0 Å². The molecule has 1 heterocycles. The second-order valence-electron chi connectivity index (χ2n) is 4.74. The highest BCUT2D eigenvalue weighted by atomic mass is 35.5. The minimum absolute atomic E-state index is 0.0553. The molecule has 0 bridgehead atoms. The number of aliphatic hydroxyl groups excluding tert-OH is 1. The van der Waals surface area contributed by atoms with Gasteiger partial charge in [-0.1, -0.05) is 11.6 Å². The van der Waals surface area contributed by atoms with Crippen LogP contribution in [0.1, 0.15) is 6.92 Å². The lowest BCUT2D eigenvalue weighted by Crippen LogP contribution is -2.50. The Morgan fingerprint density at radius 3 is 3.05 bits per heavy atom. The van der Waals surface area contributed by atoms with Crippen LogP contribution in [0.3, 0.4) is 0 Å². The van der Waals surface area contributed by atoms with E-state index in [1.807, 2.05) is 12.1 Å². The van der Waals surface area contributed by atoms with Crippen LogP contribution in [0.25, 0.3) is 0 Å². The van der Waals surface area contributed by atoms with Crippen molar-refractivity contribution >= 4 is 17.3 Å². The molecule has 2 atom stereocenters. The zero-order chi connectivity index (χ0) is 13.8. The number of piperazine rings is 1. The van der Waals surface area contributed by atoms with Gasteiger partial charge in [0.15, 0.2) is 0 Å². The van der Waals surface area contributed by atoms with Gasteiger partial charge in [0.2, 0.25) is 0 Å². The number of halogens is 1. The number of hydrogen-bond donors (Lipinski definition) is 3. The summed E-state index contributed by atoms with van der Waals surface area (Å²) in [5.74, 6) is 0.612. The van der Waals surface area contributed by atoms with Crippen molar-refractivity contribution in [2.45, 2.75) is 19.2 Å². The highest BCUT2D eigenvalue weighted by Crippen LogP contribution is 2.31. The van der Waals surface area contributed by atoms with E-state index in [1.54, 1.807) is 6.07 Å². The number of rotatable bonds is 4. The van der Waals surface area contributed by atoms with Crippen LogP contribution in [0, 0.1) is 0 Å². The molecule has 1 aromatic rings. The minimum Gasteiger partial charge on any atom is -0.489 e. The smallest absolute Gasteiger partial charge is 0.136 e. The van der Waals surface area contributed by atoms with Crippen LogP contribution in [-0.4, -0.2) is 43.6 Å². The topological polar surface area (TPSA) is 70.8 Å². The maximum atomic E-state index is 8.98. The number of nitrogens with one attached hydrogen (secondary N) is 1. The van der Waals surface area contributed by atoms with E-state index in [4.69, 9.17) is 27.2 Å². The van der Waals surface area contributed by atoms with Gasteiger partial charge in [0, 0.05) is 31.7 Å². The third-order valence-electron chi connectivity index (χ3n) is 3.15. The molecule has 6 heteroatoms. The molecule has 106 valence electrons. The molecule has 0 aromatic heterocycles. The van der Waals surface area contributed by atoms with E-state index in [-0.39, 0.29) is 6.61 Å². The summed E-state index contributed by atoms with van der Waals surface area (Å²) in [7, 11) is 0. The molecule has 1 aliphatic heterocycles. The number of anilines is 1. The summed E-state index contributed by atoms with van der Waals surface area (Å²) < 4.78 is 5.33. The van der Waals surface area contributed by atoms with Gasteiger partial charge in [-0.15, -0.1) is 0 Å². The Morgan fingerprint density at radius 2 is 2.42 bits per heavy atom. The summed E-state index contributed by atoms with van der Waals surface area (Å²) in [5.41, 5.74) is 6.24. The molecule has 0 saturated carbocycles. The van der Waals surface area contributed by atoms with E-state index in [0.29, 0.717) is 16.8 Å². The van der Waals surface area contributed by atoms with Crippen LogP contribution < -0.4 is 20.7 Å². The maximum Gasteiger partial charge on any atom is 0.136 e. The van der Waals surface area contributed by atoms with Gasteiger partial charge in [-0.2, -0.15) is 0 Å². The molecular formula is C13H20ClN3O2. The van der Waals surface area contributed by atoms with Gasteiger partial charge in [-0.3, -0.25) is 0 Å². The standard InChI is InChI=1S/C13H20ClN3O2/c1-9-7-16-4-5-17(9)12-3-2-10(6-11(12)14)19-8-13(15)18/h2-3,6,9,13,16,18H,4-5,7-8,15H2,1H3/t9-,13+/m1/s1. The second kappa shape index (κ2) is 6.43. The lowest BCUT2D eigenvalue weighted by Gasteiger charge is -2.36. The van der Waals surface area contributed by atoms with E-state index < -0.39 is 6.23 Å². The van der Waals surface area contributed by atoms with Crippen LogP contribution in [-0.2, 0) is 0 Å². The number of aliphatic hydroxyl groups is 1. The molecular weight excluding hydrogens is 266 g/mol. The van der Waals surface area contributed by atoms with Crippen LogP contribution in [0.2, 0.25) is 5.02 Å². The Kier molecular flexibility index (Phi) is 4.87. The van der Waals surface area contributed by atoms with Gasteiger partial charge >= 0.3 is 0 Å². The van der Waals surface area contributed by atoms with Crippen LogP contribution in [0.15, 0.2) is 18.2 Å². The van der Waals surface area contributed by atoms with Gasteiger partial charge in [0.05, 0.1) is 10.7 Å². The van der Waals surface area contributed by atoms with Crippen molar-refractivity contribution in [3.05, 3.63) is 23.2 Å². The summed E-state index contributed by atoms with van der Waals surface area (Å²) in [4.78, 5) is 2.28. The van der Waals surface area contributed by atoms with Gasteiger partial charge < -0.3 is 25.8 Å². The van der Waals surface area contributed by atoms with Crippen molar-refractivity contribution in [1.29, 1.82) is 0 Å². The molecule has 1 fully saturated rings.